The summed E-state index contributed by atoms with van der Waals surface area (Å²) in [4.78, 5) is 11.8. The van der Waals surface area contributed by atoms with E-state index >= 15 is 0 Å². The summed E-state index contributed by atoms with van der Waals surface area (Å²) in [7, 11) is 1.47. The quantitative estimate of drug-likeness (QED) is 0.355. The highest BCUT2D eigenvalue weighted by Crippen LogP contribution is 2.26. The predicted molar refractivity (Wildman–Crippen MR) is 72.9 cm³/mol. The van der Waals surface area contributed by atoms with Gasteiger partial charge in [-0.2, -0.15) is 0 Å². The second kappa shape index (κ2) is 9.26. The molecule has 100 valence electrons. The van der Waals surface area contributed by atoms with E-state index in [2.05, 4.69) is 13.8 Å². The molecule has 0 aromatic rings. The summed E-state index contributed by atoms with van der Waals surface area (Å²) >= 11 is 0. The van der Waals surface area contributed by atoms with E-state index in [9.17, 15) is 4.79 Å². The van der Waals surface area contributed by atoms with Gasteiger partial charge in [0, 0.05) is 5.57 Å². The van der Waals surface area contributed by atoms with Gasteiger partial charge < -0.3 is 4.74 Å². The van der Waals surface area contributed by atoms with Crippen molar-refractivity contribution in [1.29, 1.82) is 0 Å². The lowest BCUT2D eigenvalue weighted by molar-refractivity contribution is -0.136. The summed E-state index contributed by atoms with van der Waals surface area (Å²) in [5.41, 5.74) is 1.99. The predicted octanol–water partition coefficient (Wildman–Crippen LogP) is 4.49. The highest BCUT2D eigenvalue weighted by Gasteiger charge is 2.20. The Labute approximate surface area is 106 Å². The molecule has 0 bridgehead atoms. The number of carbonyl (C=O) groups excluding carboxylic acids is 1. The molecule has 0 spiro atoms. The van der Waals surface area contributed by atoms with E-state index in [4.69, 9.17) is 4.74 Å². The van der Waals surface area contributed by atoms with E-state index in [0.717, 1.165) is 24.0 Å². The van der Waals surface area contributed by atoms with E-state index in [1.807, 2.05) is 13.8 Å². The molecule has 0 fully saturated rings. The molecule has 0 saturated carbocycles. The van der Waals surface area contributed by atoms with Crippen molar-refractivity contribution in [3.05, 3.63) is 11.1 Å². The van der Waals surface area contributed by atoms with Crippen molar-refractivity contribution in [2.75, 3.05) is 7.11 Å². The third kappa shape index (κ3) is 5.90. The van der Waals surface area contributed by atoms with E-state index in [1.165, 1.54) is 32.8 Å². The highest BCUT2D eigenvalue weighted by molar-refractivity contribution is 5.89. The average molecular weight is 240 g/mol. The van der Waals surface area contributed by atoms with Crippen LogP contribution in [0.25, 0.3) is 0 Å². The number of rotatable bonds is 8. The minimum Gasteiger partial charge on any atom is -0.466 e. The molecule has 2 heteroatoms. The molecule has 0 aliphatic heterocycles. The van der Waals surface area contributed by atoms with Gasteiger partial charge in [-0.05, 0) is 32.6 Å². The van der Waals surface area contributed by atoms with Gasteiger partial charge in [0.25, 0.3) is 0 Å². The third-order valence-electron chi connectivity index (χ3n) is 3.25. The number of ether oxygens (including phenoxy) is 1. The molecule has 0 aromatic carbocycles. The second-order valence-electron chi connectivity index (χ2n) is 4.86. The van der Waals surface area contributed by atoms with Crippen LogP contribution >= 0.6 is 0 Å². The monoisotopic (exact) mass is 240 g/mol. The molecule has 0 amide bonds. The van der Waals surface area contributed by atoms with Crippen molar-refractivity contribution in [3.8, 4) is 0 Å². The van der Waals surface area contributed by atoms with Gasteiger partial charge in [0.2, 0.25) is 0 Å². The minimum absolute atomic E-state index is 0.146. The number of hydrogen-bond donors (Lipinski definition) is 0. The Kier molecular flexibility index (Phi) is 8.83. The van der Waals surface area contributed by atoms with Crippen molar-refractivity contribution in [1.82, 2.24) is 0 Å². The first-order valence-corrected chi connectivity index (χ1v) is 6.84. The number of methoxy groups -OCH3 is 1. The van der Waals surface area contributed by atoms with E-state index in [0.29, 0.717) is 5.92 Å². The van der Waals surface area contributed by atoms with E-state index in [1.54, 1.807) is 0 Å². The summed E-state index contributed by atoms with van der Waals surface area (Å²) in [5.74, 6) is 0.219. The number of allylic oxidation sites excluding steroid dienone is 1. The zero-order chi connectivity index (χ0) is 13.3. The molecular formula is C15H28O2. The minimum atomic E-state index is -0.146. The highest BCUT2D eigenvalue weighted by atomic mass is 16.5. The molecule has 0 rings (SSSR count). The first-order valence-electron chi connectivity index (χ1n) is 6.84. The van der Waals surface area contributed by atoms with Gasteiger partial charge in [-0.1, -0.05) is 45.1 Å². The molecule has 0 N–H and O–H groups in total. The van der Waals surface area contributed by atoms with Crippen molar-refractivity contribution >= 4 is 5.97 Å². The Morgan fingerprint density at radius 1 is 1.12 bits per heavy atom. The van der Waals surface area contributed by atoms with Crippen LogP contribution in [0.3, 0.4) is 0 Å². The molecular weight excluding hydrogens is 212 g/mol. The first kappa shape index (κ1) is 16.2. The number of esters is 1. The lowest BCUT2D eigenvalue weighted by Gasteiger charge is -2.18. The van der Waals surface area contributed by atoms with Gasteiger partial charge in [-0.15, -0.1) is 0 Å². The maximum absolute atomic E-state index is 11.8. The van der Waals surface area contributed by atoms with Crippen LogP contribution in [-0.2, 0) is 9.53 Å². The summed E-state index contributed by atoms with van der Waals surface area (Å²) in [6.45, 7) is 8.37. The third-order valence-corrected chi connectivity index (χ3v) is 3.25. The van der Waals surface area contributed by atoms with Crippen molar-refractivity contribution in [2.45, 2.75) is 66.2 Å². The van der Waals surface area contributed by atoms with Gasteiger partial charge in [0.05, 0.1) is 7.11 Å². The maximum Gasteiger partial charge on any atom is 0.333 e. The van der Waals surface area contributed by atoms with Crippen molar-refractivity contribution < 1.29 is 9.53 Å². The topological polar surface area (TPSA) is 26.3 Å². The number of hydrogen-bond acceptors (Lipinski definition) is 2. The normalized spacial score (nSPS) is 12.1. The molecule has 1 atom stereocenters. The lowest BCUT2D eigenvalue weighted by Crippen LogP contribution is -2.16. The molecule has 0 aliphatic carbocycles. The fourth-order valence-electron chi connectivity index (χ4n) is 2.26. The molecule has 0 radical (unpaired) electrons. The van der Waals surface area contributed by atoms with Gasteiger partial charge in [0.1, 0.15) is 0 Å². The smallest absolute Gasteiger partial charge is 0.333 e. The molecule has 0 aromatic heterocycles. The average Bonchev–Trinajstić information content (AvgIpc) is 2.31. The van der Waals surface area contributed by atoms with Crippen LogP contribution in [-0.4, -0.2) is 13.1 Å². The summed E-state index contributed by atoms with van der Waals surface area (Å²) in [6, 6.07) is 0. The molecule has 0 saturated heterocycles. The Bertz CT molecular complexity index is 250. The largest absolute Gasteiger partial charge is 0.466 e. The Hall–Kier alpha value is -0.790. The van der Waals surface area contributed by atoms with Crippen LogP contribution in [0.4, 0.5) is 0 Å². The summed E-state index contributed by atoms with van der Waals surface area (Å²) in [5, 5.41) is 0. The van der Waals surface area contributed by atoms with E-state index in [-0.39, 0.29) is 5.97 Å². The fourth-order valence-corrected chi connectivity index (χ4v) is 2.26. The lowest BCUT2D eigenvalue weighted by atomic mass is 9.88. The van der Waals surface area contributed by atoms with Crippen LogP contribution in [0, 0.1) is 5.92 Å². The number of carbonyl (C=O) groups is 1. The first-order chi connectivity index (χ1) is 8.08. The van der Waals surface area contributed by atoms with Crippen LogP contribution in [0.2, 0.25) is 0 Å². The van der Waals surface area contributed by atoms with Crippen LogP contribution in [0.5, 0.6) is 0 Å². The zero-order valence-corrected chi connectivity index (χ0v) is 12.1. The van der Waals surface area contributed by atoms with Crippen LogP contribution in [0.1, 0.15) is 66.2 Å². The standard InChI is InChI=1S/C15H28O2/c1-6-8-9-10-11-13(7-2)14(12(3)4)15(16)17-5/h13H,6-11H2,1-5H3. The van der Waals surface area contributed by atoms with Gasteiger partial charge >= 0.3 is 5.97 Å². The Morgan fingerprint density at radius 3 is 2.18 bits per heavy atom. The van der Waals surface area contributed by atoms with Crippen molar-refractivity contribution in [2.24, 2.45) is 5.92 Å². The van der Waals surface area contributed by atoms with Crippen LogP contribution in [0.15, 0.2) is 11.1 Å². The van der Waals surface area contributed by atoms with Gasteiger partial charge in [-0.3, -0.25) is 0 Å². The van der Waals surface area contributed by atoms with E-state index < -0.39 is 0 Å². The Balaban J connectivity index is 4.49. The number of unbranched alkanes of at least 4 members (excludes halogenated alkanes) is 3. The van der Waals surface area contributed by atoms with Crippen LogP contribution < -0.4 is 0 Å². The zero-order valence-electron chi connectivity index (χ0n) is 12.1. The molecule has 2 nitrogen and oxygen atoms in total. The van der Waals surface area contributed by atoms with Crippen molar-refractivity contribution in [3.63, 3.8) is 0 Å². The SMILES string of the molecule is CCCCCCC(CC)C(C(=O)OC)=C(C)C. The van der Waals surface area contributed by atoms with Gasteiger partial charge in [0.15, 0.2) is 0 Å². The van der Waals surface area contributed by atoms with Gasteiger partial charge in [-0.25, -0.2) is 4.79 Å². The second-order valence-corrected chi connectivity index (χ2v) is 4.86. The molecule has 0 aliphatic rings. The molecule has 0 heterocycles. The Morgan fingerprint density at radius 2 is 1.76 bits per heavy atom. The summed E-state index contributed by atoms with van der Waals surface area (Å²) in [6.07, 6.45) is 7.14. The summed E-state index contributed by atoms with van der Waals surface area (Å²) < 4.78 is 4.89. The fraction of sp³-hybridized carbons (Fsp3) is 0.800. The molecule has 1 unspecified atom stereocenters. The molecule has 17 heavy (non-hydrogen) atoms. The maximum atomic E-state index is 11.8.